The molecule has 1 amide bonds. The van der Waals surface area contributed by atoms with Crippen LogP contribution in [0.3, 0.4) is 0 Å². The molecule has 74 valence electrons. The third-order valence-electron chi connectivity index (χ3n) is 2.32. The van der Waals surface area contributed by atoms with Crippen LogP contribution in [-0.2, 0) is 17.6 Å². The van der Waals surface area contributed by atoms with E-state index in [9.17, 15) is 4.79 Å². The van der Waals surface area contributed by atoms with Crippen LogP contribution in [0.25, 0.3) is 0 Å². The molecule has 14 heavy (non-hydrogen) atoms. The van der Waals surface area contributed by atoms with Crippen molar-refractivity contribution >= 4 is 5.91 Å². The van der Waals surface area contributed by atoms with Gasteiger partial charge in [-0.1, -0.05) is 0 Å². The molecule has 0 saturated heterocycles. The Morgan fingerprint density at radius 1 is 1.64 bits per heavy atom. The van der Waals surface area contributed by atoms with E-state index < -0.39 is 0 Å². The molecule has 4 heteroatoms. The van der Waals surface area contributed by atoms with Crippen LogP contribution >= 0.6 is 0 Å². The fraction of sp³-hybridized carbons (Fsp3) is 0.400. The molecule has 0 aliphatic carbocycles. The van der Waals surface area contributed by atoms with E-state index in [1.54, 1.807) is 6.20 Å². The SMILES string of the molecule is NC(=O)CCc1nccc2c1CCO2. The van der Waals surface area contributed by atoms with E-state index in [0.717, 1.165) is 23.4 Å². The Balaban J connectivity index is 2.17. The third-order valence-corrected chi connectivity index (χ3v) is 2.32. The third kappa shape index (κ3) is 1.69. The number of hydrogen-bond acceptors (Lipinski definition) is 3. The van der Waals surface area contributed by atoms with E-state index in [4.69, 9.17) is 10.5 Å². The van der Waals surface area contributed by atoms with E-state index in [1.165, 1.54) is 0 Å². The molecular formula is C10H12N2O2. The van der Waals surface area contributed by atoms with E-state index in [0.29, 0.717) is 19.4 Å². The maximum atomic E-state index is 10.6. The molecule has 1 aliphatic heterocycles. The first-order valence-corrected chi connectivity index (χ1v) is 4.65. The van der Waals surface area contributed by atoms with Gasteiger partial charge >= 0.3 is 0 Å². The number of hydrogen-bond donors (Lipinski definition) is 1. The zero-order chi connectivity index (χ0) is 9.97. The van der Waals surface area contributed by atoms with Crippen molar-refractivity contribution < 1.29 is 9.53 Å². The summed E-state index contributed by atoms with van der Waals surface area (Å²) < 4.78 is 5.39. The number of carbonyl (C=O) groups is 1. The fourth-order valence-corrected chi connectivity index (χ4v) is 1.64. The number of carbonyl (C=O) groups excluding carboxylic acids is 1. The Kier molecular flexibility index (Phi) is 2.35. The van der Waals surface area contributed by atoms with Crippen LogP contribution in [0.2, 0.25) is 0 Å². The Labute approximate surface area is 82.1 Å². The van der Waals surface area contributed by atoms with Crippen molar-refractivity contribution in [2.45, 2.75) is 19.3 Å². The molecule has 0 saturated carbocycles. The number of nitrogens with two attached hydrogens (primary N) is 1. The summed E-state index contributed by atoms with van der Waals surface area (Å²) in [5.74, 6) is 0.614. The largest absolute Gasteiger partial charge is 0.493 e. The smallest absolute Gasteiger partial charge is 0.217 e. The number of fused-ring (bicyclic) bond motifs is 1. The molecule has 0 fully saturated rings. The van der Waals surface area contributed by atoms with Gasteiger partial charge in [0.05, 0.1) is 6.61 Å². The minimum absolute atomic E-state index is 0.289. The highest BCUT2D eigenvalue weighted by Gasteiger charge is 2.16. The standard InChI is InChI=1S/C10H12N2O2/c11-10(13)2-1-8-7-4-6-14-9(7)3-5-12-8/h3,5H,1-2,4,6H2,(H2,11,13). The van der Waals surface area contributed by atoms with Crippen LogP contribution in [-0.4, -0.2) is 17.5 Å². The van der Waals surface area contributed by atoms with Gasteiger partial charge in [0.2, 0.25) is 5.91 Å². The van der Waals surface area contributed by atoms with Gasteiger partial charge in [0, 0.05) is 30.3 Å². The zero-order valence-corrected chi connectivity index (χ0v) is 7.82. The lowest BCUT2D eigenvalue weighted by Crippen LogP contribution is -2.12. The number of primary amides is 1. The molecule has 4 nitrogen and oxygen atoms in total. The molecule has 2 heterocycles. The zero-order valence-electron chi connectivity index (χ0n) is 7.82. The summed E-state index contributed by atoms with van der Waals surface area (Å²) in [5.41, 5.74) is 7.16. The summed E-state index contributed by atoms with van der Waals surface area (Å²) in [6, 6.07) is 1.86. The number of amides is 1. The number of pyridine rings is 1. The molecule has 1 aliphatic rings. The average molecular weight is 192 g/mol. The van der Waals surface area contributed by atoms with E-state index in [2.05, 4.69) is 4.98 Å². The van der Waals surface area contributed by atoms with Crippen LogP contribution < -0.4 is 10.5 Å². The predicted octanol–water partition coefficient (Wildman–Crippen LogP) is 0.434. The first-order valence-electron chi connectivity index (χ1n) is 4.65. The second-order valence-corrected chi connectivity index (χ2v) is 3.30. The Morgan fingerprint density at radius 3 is 3.29 bits per heavy atom. The van der Waals surface area contributed by atoms with Crippen molar-refractivity contribution in [3.63, 3.8) is 0 Å². The molecule has 0 atom stereocenters. The highest BCUT2D eigenvalue weighted by atomic mass is 16.5. The Hall–Kier alpha value is -1.58. The van der Waals surface area contributed by atoms with Crippen molar-refractivity contribution in [3.8, 4) is 5.75 Å². The molecule has 0 unspecified atom stereocenters. The van der Waals surface area contributed by atoms with Crippen molar-refractivity contribution in [2.75, 3.05) is 6.61 Å². The van der Waals surface area contributed by atoms with Gasteiger partial charge in [-0.05, 0) is 12.5 Å². The molecule has 1 aromatic heterocycles. The normalized spacial score (nSPS) is 13.4. The predicted molar refractivity (Wildman–Crippen MR) is 51.0 cm³/mol. The number of ether oxygens (including phenoxy) is 1. The number of aryl methyl sites for hydroxylation is 1. The quantitative estimate of drug-likeness (QED) is 0.755. The average Bonchev–Trinajstić information content (AvgIpc) is 2.62. The highest BCUT2D eigenvalue weighted by molar-refractivity contribution is 5.74. The maximum absolute atomic E-state index is 10.6. The van der Waals surface area contributed by atoms with Crippen molar-refractivity contribution in [1.29, 1.82) is 0 Å². The molecule has 0 bridgehead atoms. The van der Waals surface area contributed by atoms with Gasteiger partial charge in [0.15, 0.2) is 0 Å². The van der Waals surface area contributed by atoms with Crippen LogP contribution in [0.1, 0.15) is 17.7 Å². The van der Waals surface area contributed by atoms with Crippen molar-refractivity contribution in [1.82, 2.24) is 4.98 Å². The number of aromatic nitrogens is 1. The lowest BCUT2D eigenvalue weighted by Gasteiger charge is -2.03. The molecular weight excluding hydrogens is 180 g/mol. The van der Waals surface area contributed by atoms with Crippen LogP contribution in [0.4, 0.5) is 0 Å². The number of rotatable bonds is 3. The van der Waals surface area contributed by atoms with E-state index in [-0.39, 0.29) is 5.91 Å². The monoisotopic (exact) mass is 192 g/mol. The van der Waals surface area contributed by atoms with Gasteiger partial charge in [0.1, 0.15) is 5.75 Å². The molecule has 0 aromatic carbocycles. The van der Waals surface area contributed by atoms with Crippen LogP contribution in [0.5, 0.6) is 5.75 Å². The summed E-state index contributed by atoms with van der Waals surface area (Å²) in [6.45, 7) is 0.713. The van der Waals surface area contributed by atoms with Crippen LogP contribution in [0.15, 0.2) is 12.3 Å². The first-order chi connectivity index (χ1) is 6.77. The summed E-state index contributed by atoms with van der Waals surface area (Å²) in [4.78, 5) is 14.9. The summed E-state index contributed by atoms with van der Waals surface area (Å²) in [6.07, 6.45) is 3.56. The summed E-state index contributed by atoms with van der Waals surface area (Å²) in [5, 5.41) is 0. The Bertz CT molecular complexity index is 363. The van der Waals surface area contributed by atoms with Gasteiger partial charge < -0.3 is 10.5 Å². The lowest BCUT2D eigenvalue weighted by atomic mass is 10.1. The van der Waals surface area contributed by atoms with Gasteiger partial charge in [-0.3, -0.25) is 9.78 Å². The molecule has 0 spiro atoms. The lowest BCUT2D eigenvalue weighted by molar-refractivity contribution is -0.118. The Morgan fingerprint density at radius 2 is 2.50 bits per heavy atom. The number of nitrogens with zero attached hydrogens (tertiary/aromatic N) is 1. The van der Waals surface area contributed by atoms with E-state index in [1.807, 2.05) is 6.07 Å². The molecule has 0 radical (unpaired) electrons. The van der Waals surface area contributed by atoms with Gasteiger partial charge in [-0.25, -0.2) is 0 Å². The molecule has 2 N–H and O–H groups in total. The van der Waals surface area contributed by atoms with E-state index >= 15 is 0 Å². The van der Waals surface area contributed by atoms with Crippen LogP contribution in [0, 0.1) is 0 Å². The minimum Gasteiger partial charge on any atom is -0.493 e. The van der Waals surface area contributed by atoms with Gasteiger partial charge in [-0.2, -0.15) is 0 Å². The van der Waals surface area contributed by atoms with Crippen molar-refractivity contribution in [3.05, 3.63) is 23.5 Å². The second-order valence-electron chi connectivity index (χ2n) is 3.30. The second kappa shape index (κ2) is 3.65. The first kappa shape index (κ1) is 8.99. The topological polar surface area (TPSA) is 65.2 Å². The summed E-state index contributed by atoms with van der Waals surface area (Å²) in [7, 11) is 0. The molecule has 1 aromatic rings. The minimum atomic E-state index is -0.289. The van der Waals surface area contributed by atoms with Crippen molar-refractivity contribution in [2.24, 2.45) is 5.73 Å². The maximum Gasteiger partial charge on any atom is 0.217 e. The highest BCUT2D eigenvalue weighted by Crippen LogP contribution is 2.27. The summed E-state index contributed by atoms with van der Waals surface area (Å²) >= 11 is 0. The van der Waals surface area contributed by atoms with Gasteiger partial charge in [0.25, 0.3) is 0 Å². The van der Waals surface area contributed by atoms with Gasteiger partial charge in [-0.15, -0.1) is 0 Å². The fourth-order valence-electron chi connectivity index (χ4n) is 1.64. The molecule has 2 rings (SSSR count).